The van der Waals surface area contributed by atoms with Gasteiger partial charge in [-0.1, -0.05) is 6.08 Å². The largest absolute Gasteiger partial charge is 0.462 e. The van der Waals surface area contributed by atoms with E-state index in [1.807, 2.05) is 0 Å². The highest BCUT2D eigenvalue weighted by molar-refractivity contribution is 7.80. The Morgan fingerprint density at radius 3 is 2.57 bits per heavy atom. The first-order valence-electron chi connectivity index (χ1n) is 10.8. The number of hydrogen-bond donors (Lipinski definition) is 6. The number of nitrogens with one attached hydrogen (secondary N) is 2. The van der Waals surface area contributed by atoms with Gasteiger partial charge in [-0.05, 0) is 48.6 Å². The van der Waals surface area contributed by atoms with Crippen LogP contribution in [0.15, 0.2) is 55.3 Å². The van der Waals surface area contributed by atoms with Crippen LogP contribution in [0, 0.1) is 0 Å². The summed E-state index contributed by atoms with van der Waals surface area (Å²) in [5, 5.41) is 45.6. The van der Waals surface area contributed by atoms with Crippen molar-refractivity contribution in [2.45, 2.75) is 30.7 Å². The van der Waals surface area contributed by atoms with Gasteiger partial charge in [-0.3, -0.25) is 4.98 Å². The molecule has 0 amide bonds. The van der Waals surface area contributed by atoms with E-state index in [0.29, 0.717) is 40.1 Å². The summed E-state index contributed by atoms with van der Waals surface area (Å²) in [5.74, 6) is 0.866. The van der Waals surface area contributed by atoms with E-state index in [1.165, 1.54) is 0 Å². The number of aliphatic hydroxyl groups excluding tert-OH is 4. The smallest absolute Gasteiger partial charge is 0.229 e. The third kappa shape index (κ3) is 5.70. The zero-order chi connectivity index (χ0) is 24.9. The van der Waals surface area contributed by atoms with Crippen LogP contribution in [0.3, 0.4) is 0 Å². The highest BCUT2D eigenvalue weighted by atomic mass is 32.1. The van der Waals surface area contributed by atoms with Crippen LogP contribution in [0.1, 0.15) is 0 Å². The minimum absolute atomic E-state index is 0.344. The Kier molecular flexibility index (Phi) is 7.80. The number of fused-ring (bicyclic) bond motifs is 1. The molecule has 35 heavy (non-hydrogen) atoms. The molecule has 0 unspecified atom stereocenters. The molecular formula is C23H25N5O6S. The first-order valence-corrected chi connectivity index (χ1v) is 11.2. The maximum atomic E-state index is 10.1. The van der Waals surface area contributed by atoms with Gasteiger partial charge in [0.1, 0.15) is 41.5 Å². The van der Waals surface area contributed by atoms with Gasteiger partial charge in [-0.25, -0.2) is 9.97 Å². The summed E-state index contributed by atoms with van der Waals surface area (Å²) in [6, 6.07) is 10.3. The first kappa shape index (κ1) is 24.9. The Morgan fingerprint density at radius 2 is 1.86 bits per heavy atom. The number of aliphatic hydroxyl groups is 4. The molecule has 1 aliphatic rings. The van der Waals surface area contributed by atoms with Crippen LogP contribution in [-0.4, -0.2) is 84.3 Å². The average molecular weight is 500 g/mol. The highest BCUT2D eigenvalue weighted by Crippen LogP contribution is 2.26. The maximum Gasteiger partial charge on any atom is 0.229 e. The molecule has 3 heterocycles. The van der Waals surface area contributed by atoms with Gasteiger partial charge in [0.15, 0.2) is 10.8 Å². The van der Waals surface area contributed by atoms with Crippen LogP contribution in [-0.2, 0) is 4.74 Å². The fourth-order valence-electron chi connectivity index (χ4n) is 3.43. The summed E-state index contributed by atoms with van der Waals surface area (Å²) in [7, 11) is 0. The second-order valence-corrected chi connectivity index (χ2v) is 8.17. The van der Waals surface area contributed by atoms with Crippen molar-refractivity contribution in [1.29, 1.82) is 0 Å². The number of anilines is 1. The van der Waals surface area contributed by atoms with E-state index < -0.39 is 37.3 Å². The average Bonchev–Trinajstić information content (AvgIpc) is 2.87. The predicted octanol–water partition coefficient (Wildman–Crippen LogP) is 0.343. The third-order valence-corrected chi connectivity index (χ3v) is 5.55. The van der Waals surface area contributed by atoms with Gasteiger partial charge in [0.05, 0.1) is 18.5 Å². The molecule has 0 bridgehead atoms. The summed E-state index contributed by atoms with van der Waals surface area (Å²) in [6.45, 7) is 3.62. The normalized spacial score (nSPS) is 24.1. The second kappa shape index (κ2) is 11.0. The van der Waals surface area contributed by atoms with E-state index in [9.17, 15) is 20.4 Å². The van der Waals surface area contributed by atoms with Gasteiger partial charge < -0.3 is 40.5 Å². The zero-order valence-corrected chi connectivity index (χ0v) is 19.3. The number of aromatic nitrogens is 3. The molecule has 0 radical (unpaired) electrons. The zero-order valence-electron chi connectivity index (χ0n) is 18.5. The van der Waals surface area contributed by atoms with Crippen molar-refractivity contribution in [3.63, 3.8) is 0 Å². The predicted molar refractivity (Wildman–Crippen MR) is 132 cm³/mol. The molecule has 11 nitrogen and oxygen atoms in total. The molecule has 184 valence electrons. The van der Waals surface area contributed by atoms with Crippen LogP contribution in [0.4, 0.5) is 5.82 Å². The highest BCUT2D eigenvalue weighted by Gasteiger charge is 2.44. The lowest BCUT2D eigenvalue weighted by Gasteiger charge is -2.39. The third-order valence-electron chi connectivity index (χ3n) is 5.31. The van der Waals surface area contributed by atoms with Crippen LogP contribution < -0.4 is 15.4 Å². The first-order chi connectivity index (χ1) is 16.9. The minimum atomic E-state index is -1.52. The molecule has 3 aromatic rings. The van der Waals surface area contributed by atoms with Gasteiger partial charge in [0, 0.05) is 12.1 Å². The van der Waals surface area contributed by atoms with E-state index in [2.05, 4.69) is 32.2 Å². The Bertz CT molecular complexity index is 1190. The van der Waals surface area contributed by atoms with Crippen molar-refractivity contribution in [3.8, 4) is 17.0 Å². The number of hydrogen-bond acceptors (Lipinski definition) is 10. The van der Waals surface area contributed by atoms with Crippen LogP contribution in [0.25, 0.3) is 22.4 Å². The Balaban J connectivity index is 1.48. The standard InChI is InChI=1S/C23H25N5O6S/c1-2-9-24-23(35)28-17-8-7-14-21(27-17)26-15(10-25-14)12-3-5-13(6-4-12)33-22-20(32)19(31)18(30)16(11-29)34-22/h2-8,10,16,18-20,22,29-32H,1,9,11H2,(H2,24,26,27,28,35)/t16-,18-,19+,20-,22-/m1/s1. The fourth-order valence-corrected chi connectivity index (χ4v) is 3.62. The molecule has 1 aliphatic heterocycles. The van der Waals surface area contributed by atoms with Gasteiger partial charge in [-0.15, -0.1) is 6.58 Å². The maximum absolute atomic E-state index is 10.1. The van der Waals surface area contributed by atoms with E-state index in [4.69, 9.17) is 21.7 Å². The molecule has 5 atom stereocenters. The number of pyridine rings is 1. The molecule has 0 saturated carbocycles. The Morgan fingerprint density at radius 1 is 1.09 bits per heavy atom. The van der Waals surface area contributed by atoms with Crippen LogP contribution in [0.2, 0.25) is 0 Å². The minimum Gasteiger partial charge on any atom is -0.462 e. The van der Waals surface area contributed by atoms with E-state index in [-0.39, 0.29) is 0 Å². The summed E-state index contributed by atoms with van der Waals surface area (Å²) < 4.78 is 11.0. The lowest BCUT2D eigenvalue weighted by Crippen LogP contribution is -2.60. The van der Waals surface area contributed by atoms with Crippen molar-refractivity contribution in [2.24, 2.45) is 0 Å². The molecule has 2 aromatic heterocycles. The number of thiocarbonyl (C=S) groups is 1. The number of ether oxygens (including phenoxy) is 2. The van der Waals surface area contributed by atoms with Crippen LogP contribution in [0.5, 0.6) is 5.75 Å². The summed E-state index contributed by atoms with van der Waals surface area (Å²) >= 11 is 5.21. The van der Waals surface area contributed by atoms with Gasteiger partial charge in [0.2, 0.25) is 6.29 Å². The molecule has 0 spiro atoms. The number of rotatable bonds is 7. The number of nitrogens with zero attached hydrogens (tertiary/aromatic N) is 3. The number of benzene rings is 1. The lowest BCUT2D eigenvalue weighted by molar-refractivity contribution is -0.277. The summed E-state index contributed by atoms with van der Waals surface area (Å²) in [6.07, 6.45) is -3.46. The van der Waals surface area contributed by atoms with E-state index in [1.54, 1.807) is 48.7 Å². The van der Waals surface area contributed by atoms with E-state index >= 15 is 0 Å². The molecule has 12 heteroatoms. The van der Waals surface area contributed by atoms with Gasteiger partial charge in [0.25, 0.3) is 0 Å². The monoisotopic (exact) mass is 499 g/mol. The van der Waals surface area contributed by atoms with Crippen molar-refractivity contribution in [3.05, 3.63) is 55.3 Å². The van der Waals surface area contributed by atoms with Crippen molar-refractivity contribution >= 4 is 34.3 Å². The molecule has 4 rings (SSSR count). The lowest BCUT2D eigenvalue weighted by atomic mass is 9.99. The molecule has 0 aliphatic carbocycles. The topological polar surface area (TPSA) is 162 Å². The molecular weight excluding hydrogens is 474 g/mol. The van der Waals surface area contributed by atoms with Crippen molar-refractivity contribution in [1.82, 2.24) is 20.3 Å². The van der Waals surface area contributed by atoms with E-state index in [0.717, 1.165) is 5.56 Å². The summed E-state index contributed by atoms with van der Waals surface area (Å²) in [4.78, 5) is 13.5. The van der Waals surface area contributed by atoms with Crippen molar-refractivity contribution in [2.75, 3.05) is 18.5 Å². The van der Waals surface area contributed by atoms with Crippen LogP contribution >= 0.6 is 12.2 Å². The SMILES string of the molecule is C=CCNC(=S)Nc1ccc2ncc(-c3ccc(O[C@@H]4O[C@H](CO)[C@@H](O)[C@H](O)[C@H]4O)cc3)nc2n1. The Hall–Kier alpha value is -3.26. The van der Waals surface area contributed by atoms with Crippen molar-refractivity contribution < 1.29 is 29.9 Å². The fraction of sp³-hybridized carbons (Fsp3) is 0.304. The molecule has 1 saturated heterocycles. The molecule has 6 N–H and O–H groups in total. The molecule has 1 fully saturated rings. The molecule has 1 aromatic carbocycles. The summed E-state index contributed by atoms with van der Waals surface area (Å²) in [5.41, 5.74) is 2.37. The van der Waals surface area contributed by atoms with Gasteiger partial charge >= 0.3 is 0 Å². The quantitative estimate of drug-likeness (QED) is 0.196. The van der Waals surface area contributed by atoms with Gasteiger partial charge in [-0.2, -0.15) is 0 Å². The Labute approximate surface area is 206 Å². The second-order valence-electron chi connectivity index (χ2n) is 7.76.